The monoisotopic (exact) mass is 334 g/mol. The largest absolute Gasteiger partial charge is 0.361 e. The molecule has 6 heteroatoms. The minimum atomic E-state index is -0.171. The molecule has 23 heavy (non-hydrogen) atoms. The van der Waals surface area contributed by atoms with Crippen molar-refractivity contribution in [3.05, 3.63) is 52.7 Å². The molecule has 1 fully saturated rings. The number of carbonyl (C=O) groups is 1. The Morgan fingerprint density at radius 2 is 2.13 bits per heavy atom. The number of thioether (sulfide) groups is 1. The van der Waals surface area contributed by atoms with Crippen LogP contribution in [0.4, 0.5) is 4.39 Å². The first-order chi connectivity index (χ1) is 11.1. The molecule has 0 N–H and O–H groups in total. The molecule has 0 bridgehead atoms. The van der Waals surface area contributed by atoms with Crippen LogP contribution in [0, 0.1) is 19.7 Å². The van der Waals surface area contributed by atoms with E-state index in [-0.39, 0.29) is 17.0 Å². The lowest BCUT2D eigenvalue weighted by molar-refractivity contribution is 0.0764. The van der Waals surface area contributed by atoms with Gasteiger partial charge < -0.3 is 9.42 Å². The van der Waals surface area contributed by atoms with Crippen molar-refractivity contribution in [1.82, 2.24) is 10.1 Å². The van der Waals surface area contributed by atoms with Gasteiger partial charge >= 0.3 is 0 Å². The fraction of sp³-hybridized carbons (Fsp3) is 0.412. The van der Waals surface area contributed by atoms with Gasteiger partial charge in [0.1, 0.15) is 17.1 Å². The molecule has 0 radical (unpaired) electrons. The summed E-state index contributed by atoms with van der Waals surface area (Å²) in [6.07, 6.45) is 0.737. The summed E-state index contributed by atoms with van der Waals surface area (Å²) in [5.74, 6) is 1.12. The number of carbonyl (C=O) groups excluding carboxylic acids is 1. The van der Waals surface area contributed by atoms with E-state index in [1.165, 1.54) is 6.07 Å². The molecule has 1 atom stereocenters. The quantitative estimate of drug-likeness (QED) is 0.839. The van der Waals surface area contributed by atoms with E-state index in [9.17, 15) is 9.18 Å². The van der Waals surface area contributed by atoms with Crippen LogP contribution in [-0.4, -0.2) is 34.8 Å². The van der Waals surface area contributed by atoms with E-state index >= 15 is 0 Å². The highest BCUT2D eigenvalue weighted by Crippen LogP contribution is 2.36. The first kappa shape index (κ1) is 16.1. The summed E-state index contributed by atoms with van der Waals surface area (Å²) in [6.45, 7) is 4.79. The summed E-state index contributed by atoms with van der Waals surface area (Å²) in [4.78, 5) is 14.5. The third-order valence-corrected chi connectivity index (χ3v) is 5.44. The van der Waals surface area contributed by atoms with Crippen molar-refractivity contribution in [1.29, 1.82) is 0 Å². The number of nitrogens with zero attached hydrogens (tertiary/aromatic N) is 2. The van der Waals surface area contributed by atoms with Crippen molar-refractivity contribution in [2.24, 2.45) is 0 Å². The highest BCUT2D eigenvalue weighted by Gasteiger charge is 2.27. The Kier molecular flexibility index (Phi) is 4.71. The van der Waals surface area contributed by atoms with Crippen molar-refractivity contribution >= 4 is 17.7 Å². The number of aryl methyl sites for hydroxylation is 2. The Balaban J connectivity index is 1.74. The van der Waals surface area contributed by atoms with Gasteiger partial charge in [-0.25, -0.2) is 4.39 Å². The summed E-state index contributed by atoms with van der Waals surface area (Å²) in [5.41, 5.74) is 1.90. The summed E-state index contributed by atoms with van der Waals surface area (Å²) in [6, 6.07) is 6.89. The molecule has 3 rings (SSSR count). The highest BCUT2D eigenvalue weighted by molar-refractivity contribution is 7.99. The molecule has 0 saturated carbocycles. The van der Waals surface area contributed by atoms with Gasteiger partial charge in [-0.1, -0.05) is 23.4 Å². The smallest absolute Gasteiger partial charge is 0.259 e. The minimum absolute atomic E-state index is 0.0453. The maximum Gasteiger partial charge on any atom is 0.259 e. The summed E-state index contributed by atoms with van der Waals surface area (Å²) < 4.78 is 19.1. The van der Waals surface area contributed by atoms with Crippen LogP contribution in [0.5, 0.6) is 0 Å². The third-order valence-electron chi connectivity index (χ3n) is 4.13. The maximum absolute atomic E-state index is 14.0. The summed E-state index contributed by atoms with van der Waals surface area (Å²) in [7, 11) is 0. The first-order valence-electron chi connectivity index (χ1n) is 7.66. The van der Waals surface area contributed by atoms with Crippen molar-refractivity contribution < 1.29 is 13.7 Å². The average Bonchev–Trinajstić information content (AvgIpc) is 2.75. The van der Waals surface area contributed by atoms with Gasteiger partial charge in [0.25, 0.3) is 5.91 Å². The zero-order valence-electron chi connectivity index (χ0n) is 13.2. The van der Waals surface area contributed by atoms with Gasteiger partial charge in [0.15, 0.2) is 0 Å². The van der Waals surface area contributed by atoms with Crippen LogP contribution in [0.2, 0.25) is 0 Å². The van der Waals surface area contributed by atoms with Crippen LogP contribution in [-0.2, 0) is 0 Å². The molecule has 1 aromatic carbocycles. The number of hydrogen-bond donors (Lipinski definition) is 0. The molecule has 1 aromatic heterocycles. The molecular formula is C17H19FN2O2S. The molecule has 1 aliphatic heterocycles. The van der Waals surface area contributed by atoms with Gasteiger partial charge in [-0.15, -0.1) is 0 Å². The lowest BCUT2D eigenvalue weighted by Crippen LogP contribution is -2.33. The van der Waals surface area contributed by atoms with Gasteiger partial charge in [-0.05, 0) is 26.3 Å². The van der Waals surface area contributed by atoms with Crippen LogP contribution >= 0.6 is 11.8 Å². The van der Waals surface area contributed by atoms with Crippen LogP contribution in [0.25, 0.3) is 0 Å². The molecule has 2 aromatic rings. The van der Waals surface area contributed by atoms with Gasteiger partial charge in [0, 0.05) is 29.7 Å². The molecular weight excluding hydrogens is 315 g/mol. The fourth-order valence-electron chi connectivity index (χ4n) is 2.90. The van der Waals surface area contributed by atoms with Crippen LogP contribution in [0.3, 0.4) is 0 Å². The molecule has 122 valence electrons. The number of hydrogen-bond acceptors (Lipinski definition) is 4. The number of aromatic nitrogens is 1. The van der Waals surface area contributed by atoms with E-state index in [1.54, 1.807) is 31.7 Å². The van der Waals surface area contributed by atoms with Crippen molar-refractivity contribution in [3.63, 3.8) is 0 Å². The summed E-state index contributed by atoms with van der Waals surface area (Å²) in [5, 5.41) is 3.93. The van der Waals surface area contributed by atoms with Crippen LogP contribution < -0.4 is 0 Å². The van der Waals surface area contributed by atoms with E-state index < -0.39 is 0 Å². The SMILES string of the molecule is Cc1noc(C)c1C(=O)N1CCS[C@H](c2ccccc2F)CC1. The molecule has 1 saturated heterocycles. The number of halogens is 1. The van der Waals surface area contributed by atoms with Crippen molar-refractivity contribution in [3.8, 4) is 0 Å². The zero-order valence-corrected chi connectivity index (χ0v) is 14.0. The highest BCUT2D eigenvalue weighted by atomic mass is 32.2. The van der Waals surface area contributed by atoms with Crippen LogP contribution in [0.15, 0.2) is 28.8 Å². The van der Waals surface area contributed by atoms with E-state index in [0.29, 0.717) is 30.1 Å². The molecule has 4 nitrogen and oxygen atoms in total. The Bertz CT molecular complexity index is 697. The number of rotatable bonds is 2. The van der Waals surface area contributed by atoms with Gasteiger partial charge in [0.2, 0.25) is 0 Å². The minimum Gasteiger partial charge on any atom is -0.361 e. The van der Waals surface area contributed by atoms with Crippen molar-refractivity contribution in [2.45, 2.75) is 25.5 Å². The Hall–Kier alpha value is -1.82. The van der Waals surface area contributed by atoms with Gasteiger partial charge in [0.05, 0.1) is 5.69 Å². The third kappa shape index (κ3) is 3.27. The second-order valence-corrected chi connectivity index (χ2v) is 6.97. The fourth-order valence-corrected chi connectivity index (χ4v) is 4.16. The van der Waals surface area contributed by atoms with Gasteiger partial charge in [-0.2, -0.15) is 11.8 Å². The lowest BCUT2D eigenvalue weighted by Gasteiger charge is -2.20. The Labute approximate surface area is 139 Å². The normalized spacial score (nSPS) is 18.7. The standard InChI is InChI=1S/C17H19FN2O2S/c1-11-16(12(2)22-19-11)17(21)20-8-7-15(23-10-9-20)13-5-3-4-6-14(13)18/h3-6,15H,7-10H2,1-2H3/t15-/m0/s1. The molecule has 0 aliphatic carbocycles. The Morgan fingerprint density at radius 3 is 2.83 bits per heavy atom. The molecule has 1 aliphatic rings. The first-order valence-corrected chi connectivity index (χ1v) is 8.71. The molecule has 1 amide bonds. The molecule has 2 heterocycles. The molecule has 0 unspecified atom stereocenters. The van der Waals surface area contributed by atoms with Crippen LogP contribution in [0.1, 0.15) is 39.0 Å². The second-order valence-electron chi connectivity index (χ2n) is 5.66. The van der Waals surface area contributed by atoms with E-state index in [4.69, 9.17) is 4.52 Å². The van der Waals surface area contributed by atoms with E-state index in [1.807, 2.05) is 17.0 Å². The predicted octanol–water partition coefficient (Wildman–Crippen LogP) is 3.75. The topological polar surface area (TPSA) is 46.3 Å². The summed E-state index contributed by atoms with van der Waals surface area (Å²) >= 11 is 1.71. The molecule has 0 spiro atoms. The Morgan fingerprint density at radius 1 is 1.35 bits per heavy atom. The van der Waals surface area contributed by atoms with E-state index in [0.717, 1.165) is 17.7 Å². The predicted molar refractivity (Wildman–Crippen MR) is 88.1 cm³/mol. The van der Waals surface area contributed by atoms with Crippen molar-refractivity contribution in [2.75, 3.05) is 18.8 Å². The lowest BCUT2D eigenvalue weighted by atomic mass is 10.1. The van der Waals surface area contributed by atoms with Gasteiger partial charge in [-0.3, -0.25) is 4.79 Å². The zero-order chi connectivity index (χ0) is 16.4. The van der Waals surface area contributed by atoms with E-state index in [2.05, 4.69) is 5.16 Å². The average molecular weight is 334 g/mol. The number of benzene rings is 1. The number of amides is 1. The maximum atomic E-state index is 14.0. The second kappa shape index (κ2) is 6.74.